The lowest BCUT2D eigenvalue weighted by Gasteiger charge is -2.26. The van der Waals surface area contributed by atoms with E-state index < -0.39 is 6.04 Å². The van der Waals surface area contributed by atoms with Crippen LogP contribution in [-0.2, 0) is 0 Å². The molecule has 0 saturated heterocycles. The van der Waals surface area contributed by atoms with Crippen molar-refractivity contribution in [3.63, 3.8) is 0 Å². The molecule has 7 heteroatoms. The van der Waals surface area contributed by atoms with E-state index in [2.05, 4.69) is 20.8 Å². The van der Waals surface area contributed by atoms with Crippen LogP contribution in [0.15, 0.2) is 39.5 Å². The molecule has 2 aromatic carbocycles. The summed E-state index contributed by atoms with van der Waals surface area (Å²) in [6.07, 6.45) is 2.84. The Hall–Kier alpha value is -2.99. The fourth-order valence-electron chi connectivity index (χ4n) is 4.48. The molecule has 1 unspecified atom stereocenters. The molecule has 2 heterocycles. The number of amides is 1. The highest BCUT2D eigenvalue weighted by Crippen LogP contribution is 2.41. The van der Waals surface area contributed by atoms with Gasteiger partial charge in [0.25, 0.3) is 5.91 Å². The highest BCUT2D eigenvalue weighted by molar-refractivity contribution is 6.32. The first-order valence-corrected chi connectivity index (χ1v) is 12.5. The average molecular weight is 498 g/mol. The Kier molecular flexibility index (Phi) is 7.41. The third-order valence-corrected chi connectivity index (χ3v) is 6.73. The maximum Gasteiger partial charge on any atom is 0.290 e. The summed E-state index contributed by atoms with van der Waals surface area (Å²) in [6.45, 7) is 9.18. The Balaban J connectivity index is 1.87. The first-order chi connectivity index (χ1) is 16.8. The van der Waals surface area contributed by atoms with Crippen molar-refractivity contribution in [2.75, 3.05) is 20.3 Å². The van der Waals surface area contributed by atoms with Crippen molar-refractivity contribution in [2.45, 2.75) is 53.0 Å². The van der Waals surface area contributed by atoms with Gasteiger partial charge in [-0.15, -0.1) is 0 Å². The van der Waals surface area contributed by atoms with Gasteiger partial charge < -0.3 is 18.8 Å². The first-order valence-electron chi connectivity index (χ1n) is 12.1. The van der Waals surface area contributed by atoms with Gasteiger partial charge >= 0.3 is 0 Å². The number of fused-ring (bicyclic) bond motifs is 2. The topological polar surface area (TPSA) is 69.0 Å². The normalized spacial score (nSPS) is 15.2. The van der Waals surface area contributed by atoms with Crippen molar-refractivity contribution >= 4 is 28.5 Å². The number of carbonyl (C=O) groups is 1. The number of methoxy groups -OCH3 is 1. The molecule has 6 nitrogen and oxygen atoms in total. The minimum atomic E-state index is -0.580. The standard InChI is InChI=1S/C28H32ClNO5/c1-6-7-8-11-30-25(18-9-10-21(23(13-18)33-5)34-15-16(2)3)24-26(31)19-14-20(29)17(4)12-22(19)35-27(24)28(30)32/h9-10,12-14,16,25H,6-8,11,15H2,1-5H3. The molecule has 35 heavy (non-hydrogen) atoms. The summed E-state index contributed by atoms with van der Waals surface area (Å²) in [5.41, 5.74) is 2.03. The summed E-state index contributed by atoms with van der Waals surface area (Å²) < 4.78 is 17.6. The molecule has 0 saturated carbocycles. The fraction of sp³-hybridized carbons (Fsp3) is 0.429. The highest BCUT2D eigenvalue weighted by atomic mass is 35.5. The minimum absolute atomic E-state index is 0.102. The molecule has 4 rings (SSSR count). The maximum absolute atomic E-state index is 13.7. The van der Waals surface area contributed by atoms with Gasteiger partial charge in [-0.05, 0) is 54.7 Å². The van der Waals surface area contributed by atoms with E-state index in [1.54, 1.807) is 24.1 Å². The highest BCUT2D eigenvalue weighted by Gasteiger charge is 2.42. The van der Waals surface area contributed by atoms with E-state index in [0.29, 0.717) is 52.1 Å². The third kappa shape index (κ3) is 4.76. The Bertz CT molecular complexity index is 1310. The molecule has 0 aliphatic carbocycles. The summed E-state index contributed by atoms with van der Waals surface area (Å²) in [6, 6.07) is 8.34. The summed E-state index contributed by atoms with van der Waals surface area (Å²) in [5.74, 6) is 1.37. The molecular formula is C28H32ClNO5. The molecule has 0 radical (unpaired) electrons. The van der Waals surface area contributed by atoms with Crippen molar-refractivity contribution in [1.29, 1.82) is 0 Å². The Morgan fingerprint density at radius 1 is 1.11 bits per heavy atom. The molecule has 0 spiro atoms. The number of hydrogen-bond acceptors (Lipinski definition) is 5. The number of nitrogens with zero attached hydrogens (tertiary/aromatic N) is 1. The Morgan fingerprint density at radius 3 is 2.57 bits per heavy atom. The van der Waals surface area contributed by atoms with Crippen LogP contribution in [0.4, 0.5) is 0 Å². The predicted molar refractivity (Wildman–Crippen MR) is 138 cm³/mol. The second-order valence-electron chi connectivity index (χ2n) is 9.49. The summed E-state index contributed by atoms with van der Waals surface area (Å²) in [7, 11) is 1.58. The van der Waals surface area contributed by atoms with Crippen LogP contribution in [0.3, 0.4) is 0 Å². The first kappa shape index (κ1) is 25.1. The SMILES string of the molecule is CCCCCN1C(=O)c2oc3cc(C)c(Cl)cc3c(=O)c2C1c1ccc(OCC(C)C)c(OC)c1. The molecule has 0 fully saturated rings. The van der Waals surface area contributed by atoms with E-state index in [-0.39, 0.29) is 17.1 Å². The van der Waals surface area contributed by atoms with Gasteiger partial charge in [0.15, 0.2) is 16.9 Å². The molecule has 0 bridgehead atoms. The quantitative estimate of drug-likeness (QED) is 0.314. The van der Waals surface area contributed by atoms with E-state index in [0.717, 1.165) is 30.4 Å². The van der Waals surface area contributed by atoms with Crippen LogP contribution in [0, 0.1) is 12.8 Å². The van der Waals surface area contributed by atoms with E-state index in [1.165, 1.54) is 0 Å². The number of aryl methyl sites for hydroxylation is 1. The molecular weight excluding hydrogens is 466 g/mol. The number of halogens is 1. The number of benzene rings is 2. The van der Waals surface area contributed by atoms with Gasteiger partial charge in [0, 0.05) is 11.6 Å². The van der Waals surface area contributed by atoms with Gasteiger partial charge in [0.2, 0.25) is 5.76 Å². The maximum atomic E-state index is 13.7. The van der Waals surface area contributed by atoms with Crippen molar-refractivity contribution in [1.82, 2.24) is 4.90 Å². The number of hydrogen-bond donors (Lipinski definition) is 0. The van der Waals surface area contributed by atoms with Crippen LogP contribution < -0.4 is 14.9 Å². The lowest BCUT2D eigenvalue weighted by atomic mass is 9.97. The summed E-state index contributed by atoms with van der Waals surface area (Å²) in [4.78, 5) is 29.0. The average Bonchev–Trinajstić information content (AvgIpc) is 3.11. The van der Waals surface area contributed by atoms with Gasteiger partial charge in [-0.1, -0.05) is 51.3 Å². The van der Waals surface area contributed by atoms with Crippen LogP contribution in [0.25, 0.3) is 11.0 Å². The van der Waals surface area contributed by atoms with Crippen LogP contribution in [0.1, 0.15) is 73.3 Å². The predicted octanol–water partition coefficient (Wildman–Crippen LogP) is 6.53. The van der Waals surface area contributed by atoms with Crippen molar-refractivity contribution in [3.05, 3.63) is 68.0 Å². The van der Waals surface area contributed by atoms with Crippen LogP contribution >= 0.6 is 11.6 Å². The van der Waals surface area contributed by atoms with Crippen LogP contribution in [0.5, 0.6) is 11.5 Å². The third-order valence-electron chi connectivity index (χ3n) is 6.33. The van der Waals surface area contributed by atoms with Gasteiger partial charge in [-0.3, -0.25) is 9.59 Å². The van der Waals surface area contributed by atoms with Crippen molar-refractivity contribution in [3.8, 4) is 11.5 Å². The number of rotatable bonds is 9. The molecule has 186 valence electrons. The van der Waals surface area contributed by atoms with Crippen molar-refractivity contribution < 1.29 is 18.7 Å². The lowest BCUT2D eigenvalue weighted by Crippen LogP contribution is -2.30. The van der Waals surface area contributed by atoms with E-state index in [1.807, 2.05) is 25.1 Å². The second-order valence-corrected chi connectivity index (χ2v) is 9.90. The monoisotopic (exact) mass is 497 g/mol. The lowest BCUT2D eigenvalue weighted by molar-refractivity contribution is 0.0724. The van der Waals surface area contributed by atoms with Crippen molar-refractivity contribution in [2.24, 2.45) is 5.92 Å². The summed E-state index contributed by atoms with van der Waals surface area (Å²) in [5, 5.41) is 0.857. The largest absolute Gasteiger partial charge is 0.493 e. The van der Waals surface area contributed by atoms with Gasteiger partial charge in [-0.2, -0.15) is 0 Å². The smallest absolute Gasteiger partial charge is 0.290 e. The number of ether oxygens (including phenoxy) is 2. The number of carbonyl (C=O) groups excluding carboxylic acids is 1. The second kappa shape index (κ2) is 10.3. The minimum Gasteiger partial charge on any atom is -0.493 e. The molecule has 1 amide bonds. The van der Waals surface area contributed by atoms with Crippen LogP contribution in [0.2, 0.25) is 5.02 Å². The zero-order valence-electron chi connectivity index (χ0n) is 20.9. The zero-order chi connectivity index (χ0) is 25.3. The number of unbranched alkanes of at least 4 members (excludes halogenated alkanes) is 2. The molecule has 1 aromatic heterocycles. The molecule has 3 aromatic rings. The molecule has 1 atom stereocenters. The molecule has 1 aliphatic rings. The van der Waals surface area contributed by atoms with Crippen LogP contribution in [-0.4, -0.2) is 31.1 Å². The Morgan fingerprint density at radius 2 is 1.89 bits per heavy atom. The Labute approximate surface area is 210 Å². The van der Waals surface area contributed by atoms with Gasteiger partial charge in [0.05, 0.1) is 30.7 Å². The fourth-order valence-corrected chi connectivity index (χ4v) is 4.64. The van der Waals surface area contributed by atoms with E-state index >= 15 is 0 Å². The molecule has 1 aliphatic heterocycles. The summed E-state index contributed by atoms with van der Waals surface area (Å²) >= 11 is 6.33. The zero-order valence-corrected chi connectivity index (χ0v) is 21.7. The molecule has 0 N–H and O–H groups in total. The van der Waals surface area contributed by atoms with Gasteiger partial charge in [-0.25, -0.2) is 0 Å². The van der Waals surface area contributed by atoms with Gasteiger partial charge in [0.1, 0.15) is 5.58 Å². The van der Waals surface area contributed by atoms with E-state index in [4.69, 9.17) is 25.5 Å². The van der Waals surface area contributed by atoms with E-state index in [9.17, 15) is 9.59 Å².